The molecule has 0 bridgehead atoms. The molecular weight excluding hydrogens is 492 g/mol. The monoisotopic (exact) mass is 518 g/mol. The third kappa shape index (κ3) is 6.26. The van der Waals surface area contributed by atoms with E-state index in [4.69, 9.17) is 31.2 Å². The molecule has 35 heavy (non-hydrogen) atoms. The fourth-order valence-corrected chi connectivity index (χ4v) is 4.97. The van der Waals surface area contributed by atoms with Gasteiger partial charge in [0.1, 0.15) is 6.04 Å². The number of carboxylic acid groups (broad SMARTS) is 1. The number of hydrogen-bond donors (Lipinski definition) is 2. The zero-order valence-corrected chi connectivity index (χ0v) is 20.8. The highest BCUT2D eigenvalue weighted by atomic mass is 35.5. The van der Waals surface area contributed by atoms with Crippen molar-refractivity contribution in [3.63, 3.8) is 0 Å². The van der Waals surface area contributed by atoms with Crippen molar-refractivity contribution in [3.8, 4) is 0 Å². The van der Waals surface area contributed by atoms with Gasteiger partial charge in [-0.25, -0.2) is 9.78 Å². The average molecular weight is 519 g/mol. The number of carboxylic acids is 1. The third-order valence-electron chi connectivity index (χ3n) is 5.74. The Kier molecular flexibility index (Phi) is 8.50. The van der Waals surface area contributed by atoms with E-state index in [0.29, 0.717) is 65.4 Å². The molecule has 2 unspecified atom stereocenters. The predicted octanol–water partition coefficient (Wildman–Crippen LogP) is 3.27. The first kappa shape index (κ1) is 25.3. The molecule has 2 aromatic rings. The minimum Gasteiger partial charge on any atom is -0.481 e. The van der Waals surface area contributed by atoms with Crippen molar-refractivity contribution in [3.05, 3.63) is 62.7 Å². The number of halogens is 1. The number of carbonyl (C=O) groups is 2. The van der Waals surface area contributed by atoms with E-state index >= 15 is 0 Å². The van der Waals surface area contributed by atoms with Crippen molar-refractivity contribution in [2.45, 2.75) is 31.9 Å². The number of thiazole rings is 1. The molecule has 2 aliphatic heterocycles. The Bertz CT molecular complexity index is 1120. The summed E-state index contributed by atoms with van der Waals surface area (Å²) in [5.74, 6) is -0.750. The third-order valence-corrected chi connectivity index (χ3v) is 6.86. The largest absolute Gasteiger partial charge is 0.481 e. The van der Waals surface area contributed by atoms with Gasteiger partial charge in [0, 0.05) is 53.9 Å². The van der Waals surface area contributed by atoms with Gasteiger partial charge in [-0.05, 0) is 19.4 Å². The first-order valence-corrected chi connectivity index (χ1v) is 12.7. The topological polar surface area (TPSA) is 113 Å². The number of esters is 1. The van der Waals surface area contributed by atoms with Crippen LogP contribution in [-0.2, 0) is 19.1 Å². The molecule has 1 aromatic carbocycles. The standard InChI is InChI=1S/C24H27ClN4O5S/c1-2-33-24(32)20-18(14-29-10-11-34-15(13-29)7-8-19(30)31)27-22(23-26-9-12-35-23)28-21(20)16-5-3-4-6-17(16)25/h3-6,9,12,15,21H,2,7-8,10-11,13-14H2,1H3,(H,27,28)(H,30,31). The molecule has 2 aliphatic rings. The number of aliphatic carboxylic acids is 1. The second kappa shape index (κ2) is 11.8. The zero-order valence-electron chi connectivity index (χ0n) is 19.3. The Morgan fingerprint density at radius 3 is 2.91 bits per heavy atom. The van der Waals surface area contributed by atoms with Crippen molar-refractivity contribution >= 4 is 40.7 Å². The summed E-state index contributed by atoms with van der Waals surface area (Å²) in [5, 5.41) is 15.4. The molecule has 4 rings (SSSR count). The summed E-state index contributed by atoms with van der Waals surface area (Å²) in [5.41, 5.74) is 1.76. The Morgan fingerprint density at radius 2 is 2.20 bits per heavy atom. The molecule has 1 aromatic heterocycles. The molecular formula is C24H27ClN4O5S. The normalized spacial score (nSPS) is 20.8. The highest BCUT2D eigenvalue weighted by Crippen LogP contribution is 2.36. The summed E-state index contributed by atoms with van der Waals surface area (Å²) in [4.78, 5) is 35.6. The second-order valence-electron chi connectivity index (χ2n) is 8.14. The van der Waals surface area contributed by atoms with E-state index in [2.05, 4.69) is 15.2 Å². The van der Waals surface area contributed by atoms with E-state index in [0.717, 1.165) is 0 Å². The van der Waals surface area contributed by atoms with Gasteiger partial charge < -0.3 is 19.9 Å². The number of morpholine rings is 1. The van der Waals surface area contributed by atoms with Gasteiger partial charge in [-0.15, -0.1) is 11.3 Å². The van der Waals surface area contributed by atoms with Gasteiger partial charge in [0.05, 0.1) is 24.9 Å². The maximum atomic E-state index is 13.2. The lowest BCUT2D eigenvalue weighted by molar-refractivity contribution is -0.139. The SMILES string of the molecule is CCOC(=O)C1=C(CN2CCOC(CCC(=O)O)C2)NC(c2nccs2)=NC1c1ccccc1Cl. The molecule has 3 heterocycles. The fourth-order valence-electron chi connectivity index (χ4n) is 4.15. The number of carbonyl (C=O) groups excluding carboxylic acids is 1. The average Bonchev–Trinajstić information content (AvgIpc) is 3.38. The Labute approximate surface area is 212 Å². The minimum absolute atomic E-state index is 0.0446. The number of nitrogens with zero attached hydrogens (tertiary/aromatic N) is 3. The quantitative estimate of drug-likeness (QED) is 0.486. The van der Waals surface area contributed by atoms with Crippen LogP contribution in [0.15, 0.2) is 52.1 Å². The molecule has 2 atom stereocenters. The number of aliphatic imine (C=N–C) groups is 1. The Morgan fingerprint density at radius 1 is 1.37 bits per heavy atom. The van der Waals surface area contributed by atoms with Crippen molar-refractivity contribution in [2.24, 2.45) is 4.99 Å². The Balaban J connectivity index is 1.70. The van der Waals surface area contributed by atoms with Crippen LogP contribution in [0.4, 0.5) is 0 Å². The van der Waals surface area contributed by atoms with E-state index in [1.165, 1.54) is 11.3 Å². The van der Waals surface area contributed by atoms with Gasteiger partial charge in [-0.3, -0.25) is 14.7 Å². The molecule has 0 radical (unpaired) electrons. The van der Waals surface area contributed by atoms with Crippen LogP contribution in [0.5, 0.6) is 0 Å². The molecule has 0 amide bonds. The van der Waals surface area contributed by atoms with Crippen LogP contribution in [0.25, 0.3) is 0 Å². The molecule has 0 aliphatic carbocycles. The van der Waals surface area contributed by atoms with E-state index < -0.39 is 18.0 Å². The number of hydrogen-bond acceptors (Lipinski definition) is 9. The lowest BCUT2D eigenvalue weighted by Crippen LogP contribution is -2.46. The highest BCUT2D eigenvalue weighted by molar-refractivity contribution is 7.11. The summed E-state index contributed by atoms with van der Waals surface area (Å²) in [6, 6.07) is 6.66. The molecule has 1 fully saturated rings. The van der Waals surface area contributed by atoms with Crippen LogP contribution in [0.2, 0.25) is 5.02 Å². The van der Waals surface area contributed by atoms with Crippen LogP contribution >= 0.6 is 22.9 Å². The molecule has 186 valence electrons. The van der Waals surface area contributed by atoms with Crippen LogP contribution in [0.1, 0.15) is 36.4 Å². The van der Waals surface area contributed by atoms with Crippen LogP contribution < -0.4 is 5.32 Å². The Hall–Kier alpha value is -2.79. The minimum atomic E-state index is -0.848. The van der Waals surface area contributed by atoms with E-state index in [-0.39, 0.29) is 19.1 Å². The van der Waals surface area contributed by atoms with Gasteiger partial charge in [0.25, 0.3) is 0 Å². The predicted molar refractivity (Wildman–Crippen MR) is 133 cm³/mol. The lowest BCUT2D eigenvalue weighted by atomic mass is 9.95. The van der Waals surface area contributed by atoms with Crippen LogP contribution in [0, 0.1) is 0 Å². The van der Waals surface area contributed by atoms with E-state index in [1.807, 2.05) is 23.6 Å². The van der Waals surface area contributed by atoms with Gasteiger partial charge >= 0.3 is 11.9 Å². The second-order valence-corrected chi connectivity index (χ2v) is 9.44. The summed E-state index contributed by atoms with van der Waals surface area (Å²) < 4.78 is 11.2. The first-order chi connectivity index (χ1) is 17.0. The molecule has 1 saturated heterocycles. The number of aromatic nitrogens is 1. The first-order valence-electron chi connectivity index (χ1n) is 11.4. The number of ether oxygens (including phenoxy) is 2. The van der Waals surface area contributed by atoms with E-state index in [1.54, 1.807) is 19.2 Å². The number of benzene rings is 1. The highest BCUT2D eigenvalue weighted by Gasteiger charge is 2.35. The van der Waals surface area contributed by atoms with Crippen molar-refractivity contribution in [2.75, 3.05) is 32.8 Å². The molecule has 2 N–H and O–H groups in total. The maximum Gasteiger partial charge on any atom is 0.338 e. The lowest BCUT2D eigenvalue weighted by Gasteiger charge is -2.35. The number of nitrogens with one attached hydrogen (secondary N) is 1. The van der Waals surface area contributed by atoms with Gasteiger partial charge in [0.15, 0.2) is 10.8 Å². The van der Waals surface area contributed by atoms with Crippen LogP contribution in [0.3, 0.4) is 0 Å². The summed E-state index contributed by atoms with van der Waals surface area (Å²) >= 11 is 7.99. The van der Waals surface area contributed by atoms with Gasteiger partial charge in [0.2, 0.25) is 0 Å². The van der Waals surface area contributed by atoms with Crippen LogP contribution in [-0.4, -0.2) is 71.7 Å². The summed E-state index contributed by atoms with van der Waals surface area (Å²) in [6.45, 7) is 4.07. The van der Waals surface area contributed by atoms with Crippen molar-refractivity contribution in [1.29, 1.82) is 0 Å². The zero-order chi connectivity index (χ0) is 24.8. The van der Waals surface area contributed by atoms with E-state index in [9.17, 15) is 9.59 Å². The van der Waals surface area contributed by atoms with Crippen molar-refractivity contribution in [1.82, 2.24) is 15.2 Å². The molecule has 9 nitrogen and oxygen atoms in total. The van der Waals surface area contributed by atoms with Gasteiger partial charge in [-0.1, -0.05) is 29.8 Å². The fraction of sp³-hybridized carbons (Fsp3) is 0.417. The molecule has 0 spiro atoms. The number of amidine groups is 1. The summed E-state index contributed by atoms with van der Waals surface area (Å²) in [7, 11) is 0. The molecule has 0 saturated carbocycles. The number of rotatable bonds is 9. The maximum absolute atomic E-state index is 13.2. The summed E-state index contributed by atoms with van der Waals surface area (Å²) in [6.07, 6.45) is 1.98. The van der Waals surface area contributed by atoms with Gasteiger partial charge in [-0.2, -0.15) is 0 Å². The van der Waals surface area contributed by atoms with Crippen molar-refractivity contribution < 1.29 is 24.2 Å². The smallest absolute Gasteiger partial charge is 0.338 e. The molecule has 11 heteroatoms.